The van der Waals surface area contributed by atoms with E-state index in [0.29, 0.717) is 31.6 Å². The van der Waals surface area contributed by atoms with Gasteiger partial charge in [-0.15, -0.1) is 0 Å². The normalized spacial score (nSPS) is 14.3. The van der Waals surface area contributed by atoms with Gasteiger partial charge in [0.05, 0.1) is 26.4 Å². The average molecular weight is 1440 g/mol. The molecule has 0 aromatic carbocycles. The van der Waals surface area contributed by atoms with E-state index in [0.717, 1.165) is 114 Å². The Morgan fingerprint density at radius 1 is 0.286 bits per heavy atom. The van der Waals surface area contributed by atoms with Gasteiger partial charge in [-0.3, -0.25) is 37.3 Å². The van der Waals surface area contributed by atoms with E-state index in [2.05, 4.69) is 55.4 Å². The van der Waals surface area contributed by atoms with Crippen LogP contribution in [0.15, 0.2) is 0 Å². The third-order valence-electron chi connectivity index (χ3n) is 18.7. The van der Waals surface area contributed by atoms with E-state index in [1.807, 2.05) is 0 Å². The number of phosphoric ester groups is 2. The van der Waals surface area contributed by atoms with Crippen LogP contribution in [0.2, 0.25) is 0 Å². The van der Waals surface area contributed by atoms with Crippen molar-refractivity contribution in [2.24, 2.45) is 23.7 Å². The minimum Gasteiger partial charge on any atom is -0.462 e. The highest BCUT2D eigenvalue weighted by Crippen LogP contribution is 2.45. The van der Waals surface area contributed by atoms with Gasteiger partial charge in [0.2, 0.25) is 0 Å². The summed E-state index contributed by atoms with van der Waals surface area (Å²) in [5, 5.41) is 10.6. The summed E-state index contributed by atoms with van der Waals surface area (Å²) in [6, 6.07) is 0. The fraction of sp³-hybridized carbons (Fsp3) is 0.949. The fourth-order valence-electron chi connectivity index (χ4n) is 12.0. The molecule has 0 spiro atoms. The van der Waals surface area contributed by atoms with Crippen molar-refractivity contribution in [1.82, 2.24) is 0 Å². The number of hydrogen-bond donors (Lipinski definition) is 3. The highest BCUT2D eigenvalue weighted by Gasteiger charge is 2.30. The minimum atomic E-state index is -4.96. The Morgan fingerprint density at radius 2 is 0.490 bits per heavy atom. The first-order valence-electron chi connectivity index (χ1n) is 40.7. The molecular formula is C79H154O17P2. The van der Waals surface area contributed by atoms with Crippen LogP contribution in [-0.4, -0.2) is 96.7 Å². The van der Waals surface area contributed by atoms with Gasteiger partial charge in [0.1, 0.15) is 19.3 Å². The Morgan fingerprint density at radius 3 is 0.724 bits per heavy atom. The molecule has 19 heteroatoms. The van der Waals surface area contributed by atoms with Crippen LogP contribution in [0.1, 0.15) is 402 Å². The van der Waals surface area contributed by atoms with Crippen LogP contribution in [0.3, 0.4) is 0 Å². The van der Waals surface area contributed by atoms with Gasteiger partial charge in [-0.1, -0.05) is 351 Å². The number of rotatable bonds is 76. The van der Waals surface area contributed by atoms with E-state index in [9.17, 15) is 43.2 Å². The second-order valence-corrected chi connectivity index (χ2v) is 33.0. The molecule has 0 rings (SSSR count). The second-order valence-electron chi connectivity index (χ2n) is 30.1. The van der Waals surface area contributed by atoms with E-state index in [-0.39, 0.29) is 25.7 Å². The number of phosphoric acid groups is 2. The van der Waals surface area contributed by atoms with Crippen LogP contribution in [0.5, 0.6) is 0 Å². The Balaban J connectivity index is 5.24. The van der Waals surface area contributed by atoms with Crippen molar-refractivity contribution in [3.05, 3.63) is 0 Å². The summed E-state index contributed by atoms with van der Waals surface area (Å²) in [6.07, 6.45) is 54.2. The Labute approximate surface area is 600 Å². The molecule has 3 unspecified atom stereocenters. The molecule has 0 aliphatic heterocycles. The Kier molecular flexibility index (Phi) is 66.8. The maximum absolute atomic E-state index is 13.1. The van der Waals surface area contributed by atoms with E-state index in [4.69, 9.17) is 37.0 Å². The minimum absolute atomic E-state index is 0.105. The summed E-state index contributed by atoms with van der Waals surface area (Å²) < 4.78 is 68.6. The molecule has 0 aliphatic carbocycles. The lowest BCUT2D eigenvalue weighted by molar-refractivity contribution is -0.161. The molecule has 582 valence electrons. The van der Waals surface area contributed by atoms with Gasteiger partial charge in [0.15, 0.2) is 12.2 Å². The van der Waals surface area contributed by atoms with Crippen LogP contribution in [0.25, 0.3) is 0 Å². The zero-order chi connectivity index (χ0) is 72.4. The predicted molar refractivity (Wildman–Crippen MR) is 400 cm³/mol. The lowest BCUT2D eigenvalue weighted by Gasteiger charge is -2.21. The van der Waals surface area contributed by atoms with Crippen molar-refractivity contribution in [1.29, 1.82) is 0 Å². The van der Waals surface area contributed by atoms with E-state index in [1.54, 1.807) is 0 Å². The topological polar surface area (TPSA) is 237 Å². The average Bonchev–Trinajstić information content (AvgIpc) is 0.980. The number of esters is 4. The van der Waals surface area contributed by atoms with Crippen molar-refractivity contribution < 1.29 is 80.2 Å². The highest BCUT2D eigenvalue weighted by atomic mass is 31.2. The first kappa shape index (κ1) is 96.1. The van der Waals surface area contributed by atoms with Crippen LogP contribution in [0, 0.1) is 23.7 Å². The molecule has 0 amide bonds. The number of ether oxygens (including phenoxy) is 4. The van der Waals surface area contributed by atoms with Crippen molar-refractivity contribution in [2.75, 3.05) is 39.6 Å². The molecule has 0 aromatic heterocycles. The Bertz CT molecular complexity index is 1920. The van der Waals surface area contributed by atoms with Gasteiger partial charge in [0, 0.05) is 25.7 Å². The van der Waals surface area contributed by atoms with Gasteiger partial charge in [-0.05, 0) is 49.4 Å². The molecule has 0 saturated carbocycles. The summed E-state index contributed by atoms with van der Waals surface area (Å²) in [7, 11) is -9.92. The zero-order valence-electron chi connectivity index (χ0n) is 64.4. The molecule has 0 saturated heterocycles. The van der Waals surface area contributed by atoms with E-state index < -0.39 is 97.5 Å². The van der Waals surface area contributed by atoms with Crippen molar-refractivity contribution >= 4 is 39.5 Å². The molecular weight excluding hydrogens is 1280 g/mol. The number of carbonyl (C=O) groups excluding carboxylic acids is 4. The SMILES string of the molecule is CCC(C)CCCCCCCCCCCCC(=O)O[C@H](COC(=O)CCCCCCCCC(C)C)COP(=O)(O)OC[C@H](O)COP(=O)(O)OC[C@@H](COC(=O)CCCCCCCCCCCCCCCC(C)C)OC(=O)CCCCCCCCCCCCCCCCCCC(C)C. The van der Waals surface area contributed by atoms with Gasteiger partial charge in [-0.2, -0.15) is 0 Å². The zero-order valence-corrected chi connectivity index (χ0v) is 66.2. The summed E-state index contributed by atoms with van der Waals surface area (Å²) in [6.45, 7) is 14.2. The van der Waals surface area contributed by atoms with Crippen molar-refractivity contribution in [3.63, 3.8) is 0 Å². The van der Waals surface area contributed by atoms with E-state index >= 15 is 0 Å². The third-order valence-corrected chi connectivity index (χ3v) is 20.6. The highest BCUT2D eigenvalue weighted by molar-refractivity contribution is 7.47. The van der Waals surface area contributed by atoms with Gasteiger partial charge >= 0.3 is 39.5 Å². The van der Waals surface area contributed by atoms with Crippen molar-refractivity contribution in [2.45, 2.75) is 420 Å². The maximum Gasteiger partial charge on any atom is 0.472 e. The summed E-state index contributed by atoms with van der Waals surface area (Å²) in [5.41, 5.74) is 0. The predicted octanol–water partition coefficient (Wildman–Crippen LogP) is 23.2. The van der Waals surface area contributed by atoms with Gasteiger partial charge < -0.3 is 33.8 Å². The summed E-state index contributed by atoms with van der Waals surface area (Å²) >= 11 is 0. The quantitative estimate of drug-likeness (QED) is 0.0222. The number of unbranched alkanes of at least 4 members (excludes halogenated alkanes) is 41. The van der Waals surface area contributed by atoms with Crippen LogP contribution >= 0.6 is 15.6 Å². The smallest absolute Gasteiger partial charge is 0.462 e. The lowest BCUT2D eigenvalue weighted by Crippen LogP contribution is -2.30. The standard InChI is InChI=1S/C79H154O17P2/c1-9-72(8)58-50-42-33-27-23-24-30-36-46-54-62-79(84)96-75(66-90-77(82)60-52-44-38-37-41-49-57-71(6)7)68-94-98(87,88)92-64-73(80)63-91-97(85,86)93-67-74(65-89-76(81)59-51-43-34-28-21-18-14-16-20-26-32-40-48-56-70(4)5)95-78(83)61-53-45-35-29-22-17-13-11-10-12-15-19-25-31-39-47-55-69(2)3/h69-75,80H,9-68H2,1-8H3,(H,85,86)(H,87,88)/t72?,73-,74-,75-/m1/s1. The first-order valence-corrected chi connectivity index (χ1v) is 43.7. The molecule has 0 radical (unpaired) electrons. The number of aliphatic hydroxyl groups excluding tert-OH is 1. The second kappa shape index (κ2) is 68.2. The fourth-order valence-corrected chi connectivity index (χ4v) is 13.6. The number of hydrogen-bond acceptors (Lipinski definition) is 15. The molecule has 0 heterocycles. The Hall–Kier alpha value is -1.94. The van der Waals surface area contributed by atoms with Crippen molar-refractivity contribution in [3.8, 4) is 0 Å². The third kappa shape index (κ3) is 71.1. The molecule has 98 heavy (non-hydrogen) atoms. The lowest BCUT2D eigenvalue weighted by atomic mass is 9.99. The van der Waals surface area contributed by atoms with Gasteiger partial charge in [-0.25, -0.2) is 9.13 Å². The largest absolute Gasteiger partial charge is 0.472 e. The molecule has 17 nitrogen and oxygen atoms in total. The van der Waals surface area contributed by atoms with E-state index in [1.165, 1.54) is 199 Å². The monoisotopic (exact) mass is 1440 g/mol. The molecule has 3 N–H and O–H groups in total. The summed E-state index contributed by atoms with van der Waals surface area (Å²) in [5.74, 6) is 0.964. The molecule has 0 bridgehead atoms. The molecule has 6 atom stereocenters. The van der Waals surface area contributed by atoms with Crippen LogP contribution in [-0.2, 0) is 65.4 Å². The van der Waals surface area contributed by atoms with Crippen LogP contribution < -0.4 is 0 Å². The maximum atomic E-state index is 13.1. The van der Waals surface area contributed by atoms with Gasteiger partial charge in [0.25, 0.3) is 0 Å². The number of carbonyl (C=O) groups is 4. The molecule has 0 fully saturated rings. The number of aliphatic hydroxyl groups is 1. The first-order chi connectivity index (χ1) is 47.1. The van der Waals surface area contributed by atoms with Crippen LogP contribution in [0.4, 0.5) is 0 Å². The molecule has 0 aromatic rings. The summed E-state index contributed by atoms with van der Waals surface area (Å²) in [4.78, 5) is 72.9. The molecule has 0 aliphatic rings.